The zero-order chi connectivity index (χ0) is 15.0. The van der Waals surface area contributed by atoms with Crippen LogP contribution >= 0.6 is 0 Å². The van der Waals surface area contributed by atoms with Crippen molar-refractivity contribution in [1.29, 1.82) is 0 Å². The molecule has 0 spiro atoms. The van der Waals surface area contributed by atoms with Gasteiger partial charge >= 0.3 is 5.97 Å². The van der Waals surface area contributed by atoms with Crippen LogP contribution in [0.15, 0.2) is 24.3 Å². The Morgan fingerprint density at radius 2 is 1.95 bits per heavy atom. The molecule has 1 aromatic rings. The molecule has 0 aliphatic rings. The Hall–Kier alpha value is -2.04. The smallest absolute Gasteiger partial charge is 0.339 e. The normalized spacial score (nSPS) is 10.2. The summed E-state index contributed by atoms with van der Waals surface area (Å²) in [4.78, 5) is 23.1. The lowest BCUT2D eigenvalue weighted by Gasteiger charge is -2.11. The Labute approximate surface area is 119 Å². The van der Waals surface area contributed by atoms with Crippen molar-refractivity contribution in [3.05, 3.63) is 29.8 Å². The van der Waals surface area contributed by atoms with E-state index in [4.69, 9.17) is 4.74 Å². The van der Waals surface area contributed by atoms with Gasteiger partial charge in [0.1, 0.15) is 0 Å². The van der Waals surface area contributed by atoms with Crippen LogP contribution in [0.3, 0.4) is 0 Å². The number of anilines is 1. The zero-order valence-corrected chi connectivity index (χ0v) is 12.2. The Kier molecular flexibility index (Phi) is 6.56. The van der Waals surface area contributed by atoms with Crippen molar-refractivity contribution in [3.63, 3.8) is 0 Å². The number of ether oxygens (including phenoxy) is 1. The van der Waals surface area contributed by atoms with Gasteiger partial charge < -0.3 is 15.4 Å². The van der Waals surface area contributed by atoms with Crippen LogP contribution in [-0.2, 0) is 9.53 Å². The van der Waals surface area contributed by atoms with E-state index in [1.165, 1.54) is 7.11 Å². The van der Waals surface area contributed by atoms with Gasteiger partial charge in [0.15, 0.2) is 0 Å². The molecule has 0 bridgehead atoms. The van der Waals surface area contributed by atoms with Gasteiger partial charge in [-0.3, -0.25) is 4.79 Å². The Morgan fingerprint density at radius 3 is 2.60 bits per heavy atom. The fourth-order valence-corrected chi connectivity index (χ4v) is 1.64. The molecule has 0 unspecified atom stereocenters. The topological polar surface area (TPSA) is 67.4 Å². The summed E-state index contributed by atoms with van der Waals surface area (Å²) in [5, 5.41) is 5.93. The van der Waals surface area contributed by atoms with Gasteiger partial charge in [-0.25, -0.2) is 4.79 Å². The highest BCUT2D eigenvalue weighted by atomic mass is 16.5. The van der Waals surface area contributed by atoms with Crippen LogP contribution in [0, 0.1) is 5.92 Å². The van der Waals surface area contributed by atoms with Gasteiger partial charge in [-0.2, -0.15) is 0 Å². The van der Waals surface area contributed by atoms with E-state index in [-0.39, 0.29) is 5.91 Å². The minimum atomic E-state index is -0.391. The number of nitrogens with one attached hydrogen (secondary N) is 2. The molecule has 0 fully saturated rings. The third-order valence-corrected chi connectivity index (χ3v) is 2.71. The first-order valence-corrected chi connectivity index (χ1v) is 6.72. The van der Waals surface area contributed by atoms with E-state index in [1.54, 1.807) is 18.2 Å². The molecule has 20 heavy (non-hydrogen) atoms. The molecule has 5 nitrogen and oxygen atoms in total. The predicted molar refractivity (Wildman–Crippen MR) is 78.7 cm³/mol. The second kappa shape index (κ2) is 8.19. The molecule has 2 N–H and O–H groups in total. The summed E-state index contributed by atoms with van der Waals surface area (Å²) in [7, 11) is 1.35. The van der Waals surface area contributed by atoms with Gasteiger partial charge in [-0.15, -0.1) is 0 Å². The van der Waals surface area contributed by atoms with E-state index < -0.39 is 5.97 Å². The standard InChI is InChI=1S/C15H22N2O3/c1-11(2)10-17-14(18)8-9-16-13-7-5-4-6-12(13)15(19)20-3/h4-7,11,16H,8-10H2,1-3H3,(H,17,18). The minimum Gasteiger partial charge on any atom is -0.465 e. The van der Waals surface area contributed by atoms with Crippen LogP contribution < -0.4 is 10.6 Å². The molecule has 0 saturated carbocycles. The molecule has 0 radical (unpaired) electrons. The number of hydrogen-bond donors (Lipinski definition) is 2. The second-order valence-corrected chi connectivity index (χ2v) is 4.91. The van der Waals surface area contributed by atoms with Crippen LogP contribution in [0.25, 0.3) is 0 Å². The molecule has 1 amide bonds. The van der Waals surface area contributed by atoms with E-state index in [9.17, 15) is 9.59 Å². The summed E-state index contributed by atoms with van der Waals surface area (Å²) in [5.41, 5.74) is 1.15. The lowest BCUT2D eigenvalue weighted by atomic mass is 10.1. The first-order valence-electron chi connectivity index (χ1n) is 6.72. The largest absolute Gasteiger partial charge is 0.465 e. The maximum Gasteiger partial charge on any atom is 0.339 e. The zero-order valence-electron chi connectivity index (χ0n) is 12.2. The van der Waals surface area contributed by atoms with E-state index in [1.807, 2.05) is 19.9 Å². The van der Waals surface area contributed by atoms with Crippen molar-refractivity contribution in [3.8, 4) is 0 Å². The minimum absolute atomic E-state index is 0.00162. The van der Waals surface area contributed by atoms with Gasteiger partial charge in [0.2, 0.25) is 5.91 Å². The number of para-hydroxylation sites is 1. The van der Waals surface area contributed by atoms with Crippen molar-refractivity contribution in [2.75, 3.05) is 25.5 Å². The fourth-order valence-electron chi connectivity index (χ4n) is 1.64. The predicted octanol–water partition coefficient (Wildman–Crippen LogP) is 2.05. The third kappa shape index (κ3) is 5.30. The Bertz CT molecular complexity index is 458. The highest BCUT2D eigenvalue weighted by Crippen LogP contribution is 2.15. The molecule has 0 aliphatic heterocycles. The molecule has 0 heterocycles. The number of benzene rings is 1. The van der Waals surface area contributed by atoms with E-state index in [0.29, 0.717) is 36.7 Å². The van der Waals surface area contributed by atoms with Gasteiger partial charge in [0, 0.05) is 25.2 Å². The molecule has 0 atom stereocenters. The summed E-state index contributed by atoms with van der Waals surface area (Å²) >= 11 is 0. The van der Waals surface area contributed by atoms with E-state index in [0.717, 1.165) is 0 Å². The van der Waals surface area contributed by atoms with Crippen LogP contribution in [-0.4, -0.2) is 32.1 Å². The number of rotatable bonds is 7. The van der Waals surface area contributed by atoms with Gasteiger partial charge in [-0.1, -0.05) is 26.0 Å². The van der Waals surface area contributed by atoms with Gasteiger partial charge in [0.05, 0.1) is 12.7 Å². The Morgan fingerprint density at radius 1 is 1.25 bits per heavy atom. The molecule has 1 aromatic carbocycles. The van der Waals surface area contributed by atoms with Crippen LogP contribution in [0.5, 0.6) is 0 Å². The van der Waals surface area contributed by atoms with Crippen molar-refractivity contribution in [2.45, 2.75) is 20.3 Å². The molecule has 110 valence electrons. The van der Waals surface area contributed by atoms with Crippen LogP contribution in [0.4, 0.5) is 5.69 Å². The average molecular weight is 278 g/mol. The summed E-state index contributed by atoms with van der Waals surface area (Å²) in [6, 6.07) is 7.08. The number of amides is 1. The molecule has 5 heteroatoms. The summed E-state index contributed by atoms with van der Waals surface area (Å²) in [6.07, 6.45) is 0.363. The highest BCUT2D eigenvalue weighted by Gasteiger charge is 2.10. The first kappa shape index (κ1) is 16.0. The highest BCUT2D eigenvalue weighted by molar-refractivity contribution is 5.95. The lowest BCUT2D eigenvalue weighted by Crippen LogP contribution is -2.28. The number of carbonyl (C=O) groups excluding carboxylic acids is 2. The van der Waals surface area contributed by atoms with Crippen LogP contribution in [0.2, 0.25) is 0 Å². The van der Waals surface area contributed by atoms with Gasteiger partial charge in [-0.05, 0) is 18.1 Å². The summed E-state index contributed by atoms with van der Waals surface area (Å²) in [6.45, 7) is 5.24. The molecule has 0 saturated heterocycles. The maximum atomic E-state index is 11.6. The number of methoxy groups -OCH3 is 1. The number of hydrogen-bond acceptors (Lipinski definition) is 4. The fraction of sp³-hybridized carbons (Fsp3) is 0.467. The summed E-state index contributed by atoms with van der Waals surface area (Å²) in [5.74, 6) is 0.0473. The monoisotopic (exact) mass is 278 g/mol. The summed E-state index contributed by atoms with van der Waals surface area (Å²) < 4.78 is 4.71. The number of carbonyl (C=O) groups is 2. The maximum absolute atomic E-state index is 11.6. The molecule has 0 aromatic heterocycles. The number of esters is 1. The molecule has 1 rings (SSSR count). The molecule has 0 aliphatic carbocycles. The van der Waals surface area contributed by atoms with Gasteiger partial charge in [0.25, 0.3) is 0 Å². The van der Waals surface area contributed by atoms with Crippen molar-refractivity contribution in [1.82, 2.24) is 5.32 Å². The lowest BCUT2D eigenvalue weighted by molar-refractivity contribution is -0.120. The Balaban J connectivity index is 2.46. The van der Waals surface area contributed by atoms with Crippen molar-refractivity contribution >= 4 is 17.6 Å². The quantitative estimate of drug-likeness (QED) is 0.749. The third-order valence-electron chi connectivity index (χ3n) is 2.71. The average Bonchev–Trinajstić information content (AvgIpc) is 2.45. The molecular formula is C15H22N2O3. The van der Waals surface area contributed by atoms with Crippen molar-refractivity contribution in [2.24, 2.45) is 5.92 Å². The first-order chi connectivity index (χ1) is 9.54. The second-order valence-electron chi connectivity index (χ2n) is 4.91. The van der Waals surface area contributed by atoms with E-state index in [2.05, 4.69) is 10.6 Å². The molecular weight excluding hydrogens is 256 g/mol. The van der Waals surface area contributed by atoms with E-state index >= 15 is 0 Å². The van der Waals surface area contributed by atoms with Crippen LogP contribution in [0.1, 0.15) is 30.6 Å². The van der Waals surface area contributed by atoms with Crippen molar-refractivity contribution < 1.29 is 14.3 Å². The SMILES string of the molecule is COC(=O)c1ccccc1NCCC(=O)NCC(C)C.